The molecule has 0 bridgehead atoms. The zero-order chi connectivity index (χ0) is 15.4. The summed E-state index contributed by atoms with van der Waals surface area (Å²) >= 11 is 0. The number of carboxylic acids is 1. The fourth-order valence-corrected chi connectivity index (χ4v) is 1.75. The van der Waals surface area contributed by atoms with Crippen LogP contribution in [0.15, 0.2) is 33.7 Å². The first-order chi connectivity index (χ1) is 9.97. The van der Waals surface area contributed by atoms with Crippen LogP contribution in [0.5, 0.6) is 0 Å². The summed E-state index contributed by atoms with van der Waals surface area (Å²) in [5, 5.41) is 11.4. The van der Waals surface area contributed by atoms with Crippen LogP contribution < -0.4 is 11.0 Å². The molecule has 0 aliphatic carbocycles. The number of rotatable bonds is 5. The van der Waals surface area contributed by atoms with Crippen molar-refractivity contribution in [3.05, 3.63) is 52.1 Å². The summed E-state index contributed by atoms with van der Waals surface area (Å²) in [6, 6.07) is 2.90. The summed E-state index contributed by atoms with van der Waals surface area (Å²) in [5.41, 5.74) is -0.461. The number of nitrogens with zero attached hydrogens (tertiary/aromatic N) is 2. The average Bonchev–Trinajstić information content (AvgIpc) is 2.80. The molecule has 0 saturated heterocycles. The summed E-state index contributed by atoms with van der Waals surface area (Å²) < 4.78 is 6.38. The third kappa shape index (κ3) is 3.56. The van der Waals surface area contributed by atoms with E-state index < -0.39 is 17.6 Å². The highest BCUT2D eigenvalue weighted by molar-refractivity contribution is 5.88. The van der Waals surface area contributed by atoms with Crippen LogP contribution in [0.4, 0.5) is 0 Å². The maximum atomic E-state index is 11.7. The van der Waals surface area contributed by atoms with E-state index in [1.165, 1.54) is 25.4 Å². The number of carboxylic acid groups (broad SMARTS) is 1. The molecule has 0 aromatic carbocycles. The van der Waals surface area contributed by atoms with Crippen LogP contribution in [0.2, 0.25) is 0 Å². The van der Waals surface area contributed by atoms with Crippen molar-refractivity contribution in [3.8, 4) is 0 Å². The van der Waals surface area contributed by atoms with Crippen molar-refractivity contribution in [1.29, 1.82) is 0 Å². The number of aromatic nitrogens is 2. The van der Waals surface area contributed by atoms with Gasteiger partial charge in [0, 0.05) is 12.4 Å². The minimum absolute atomic E-state index is 0.0436. The van der Waals surface area contributed by atoms with Gasteiger partial charge in [-0.15, -0.1) is 0 Å². The number of furan rings is 1. The van der Waals surface area contributed by atoms with Crippen LogP contribution in [0.3, 0.4) is 0 Å². The maximum absolute atomic E-state index is 11.7. The molecule has 2 heterocycles. The lowest BCUT2D eigenvalue weighted by Gasteiger charge is -2.05. The van der Waals surface area contributed by atoms with Gasteiger partial charge in [-0.2, -0.15) is 0 Å². The standard InChI is InChI=1S/C13H13N3O5/c1-8-10(12(18)19)5-9(21-8)6-15-11(17)7-16-4-2-3-14-13(16)20/h2-5H,6-7H2,1H3,(H,15,17)(H,18,19). The molecule has 110 valence electrons. The van der Waals surface area contributed by atoms with Gasteiger partial charge in [0.2, 0.25) is 5.91 Å². The van der Waals surface area contributed by atoms with Gasteiger partial charge >= 0.3 is 11.7 Å². The fourth-order valence-electron chi connectivity index (χ4n) is 1.75. The molecule has 0 spiro atoms. The molecule has 0 radical (unpaired) electrons. The maximum Gasteiger partial charge on any atom is 0.347 e. The highest BCUT2D eigenvalue weighted by Gasteiger charge is 2.14. The highest BCUT2D eigenvalue weighted by Crippen LogP contribution is 2.14. The molecule has 1 amide bonds. The van der Waals surface area contributed by atoms with Crippen molar-refractivity contribution in [3.63, 3.8) is 0 Å². The van der Waals surface area contributed by atoms with Crippen LogP contribution in [0.25, 0.3) is 0 Å². The Hall–Kier alpha value is -2.90. The van der Waals surface area contributed by atoms with Crippen molar-refractivity contribution in [1.82, 2.24) is 14.9 Å². The number of hydrogen-bond acceptors (Lipinski definition) is 5. The van der Waals surface area contributed by atoms with Gasteiger partial charge in [-0.05, 0) is 19.1 Å². The van der Waals surface area contributed by atoms with Crippen molar-refractivity contribution < 1.29 is 19.1 Å². The van der Waals surface area contributed by atoms with Gasteiger partial charge in [0.15, 0.2) is 0 Å². The van der Waals surface area contributed by atoms with Crippen LogP contribution in [0, 0.1) is 6.92 Å². The van der Waals surface area contributed by atoms with Crippen molar-refractivity contribution in [2.75, 3.05) is 0 Å². The zero-order valence-electron chi connectivity index (χ0n) is 11.2. The van der Waals surface area contributed by atoms with Crippen LogP contribution in [-0.4, -0.2) is 26.5 Å². The molecular weight excluding hydrogens is 278 g/mol. The lowest BCUT2D eigenvalue weighted by atomic mass is 10.2. The van der Waals surface area contributed by atoms with Crippen LogP contribution >= 0.6 is 0 Å². The van der Waals surface area contributed by atoms with E-state index in [2.05, 4.69) is 10.3 Å². The molecule has 8 heteroatoms. The minimum Gasteiger partial charge on any atom is -0.478 e. The second kappa shape index (κ2) is 6.04. The van der Waals surface area contributed by atoms with Crippen LogP contribution in [-0.2, 0) is 17.9 Å². The second-order valence-corrected chi connectivity index (χ2v) is 4.29. The van der Waals surface area contributed by atoms with E-state index in [-0.39, 0.29) is 24.4 Å². The van der Waals surface area contributed by atoms with E-state index in [9.17, 15) is 14.4 Å². The SMILES string of the molecule is Cc1oc(CNC(=O)Cn2cccnc2=O)cc1C(=O)O. The molecule has 0 aliphatic rings. The largest absolute Gasteiger partial charge is 0.478 e. The van der Waals surface area contributed by atoms with Gasteiger partial charge in [0.1, 0.15) is 23.6 Å². The Kier molecular flexibility index (Phi) is 4.17. The number of carbonyl (C=O) groups excluding carboxylic acids is 1. The Labute approximate surface area is 119 Å². The van der Waals surface area contributed by atoms with Gasteiger partial charge in [0.05, 0.1) is 6.54 Å². The summed E-state index contributed by atoms with van der Waals surface area (Å²) in [6.07, 6.45) is 2.80. The third-order valence-electron chi connectivity index (χ3n) is 2.76. The smallest absolute Gasteiger partial charge is 0.347 e. The Bertz CT molecular complexity index is 731. The van der Waals surface area contributed by atoms with E-state index in [1.807, 2.05) is 0 Å². The van der Waals surface area contributed by atoms with E-state index in [1.54, 1.807) is 6.07 Å². The monoisotopic (exact) mass is 291 g/mol. The Morgan fingerprint density at radius 2 is 2.24 bits per heavy atom. The number of carbonyl (C=O) groups is 2. The van der Waals surface area contributed by atoms with E-state index >= 15 is 0 Å². The number of amides is 1. The van der Waals surface area contributed by atoms with Crippen molar-refractivity contribution >= 4 is 11.9 Å². The topological polar surface area (TPSA) is 114 Å². The van der Waals surface area contributed by atoms with E-state index in [0.717, 1.165) is 4.57 Å². The number of nitrogens with one attached hydrogen (secondary N) is 1. The van der Waals surface area contributed by atoms with Crippen LogP contribution in [0.1, 0.15) is 21.9 Å². The summed E-state index contributed by atoms with van der Waals surface area (Å²) in [6.45, 7) is 1.41. The lowest BCUT2D eigenvalue weighted by Crippen LogP contribution is -2.32. The molecule has 21 heavy (non-hydrogen) atoms. The van der Waals surface area contributed by atoms with Gasteiger partial charge in [0.25, 0.3) is 0 Å². The Morgan fingerprint density at radius 1 is 1.48 bits per heavy atom. The third-order valence-corrected chi connectivity index (χ3v) is 2.76. The Morgan fingerprint density at radius 3 is 2.86 bits per heavy atom. The highest BCUT2D eigenvalue weighted by atomic mass is 16.4. The number of hydrogen-bond donors (Lipinski definition) is 2. The number of aryl methyl sites for hydroxylation is 1. The molecule has 0 unspecified atom stereocenters. The fraction of sp³-hybridized carbons (Fsp3) is 0.231. The van der Waals surface area contributed by atoms with Gasteiger partial charge in [-0.1, -0.05) is 0 Å². The molecule has 8 nitrogen and oxygen atoms in total. The first kappa shape index (κ1) is 14.5. The molecular formula is C13H13N3O5. The zero-order valence-corrected chi connectivity index (χ0v) is 11.2. The molecule has 0 fully saturated rings. The molecule has 0 atom stereocenters. The second-order valence-electron chi connectivity index (χ2n) is 4.29. The van der Waals surface area contributed by atoms with E-state index in [4.69, 9.17) is 9.52 Å². The Balaban J connectivity index is 1.96. The molecule has 2 N–H and O–H groups in total. The predicted octanol–water partition coefficient (Wildman–Crippen LogP) is 0.159. The van der Waals surface area contributed by atoms with Crippen molar-refractivity contribution in [2.24, 2.45) is 0 Å². The predicted molar refractivity (Wildman–Crippen MR) is 70.7 cm³/mol. The average molecular weight is 291 g/mol. The molecule has 0 aliphatic heterocycles. The molecule has 0 saturated carbocycles. The van der Waals surface area contributed by atoms with Gasteiger partial charge in [-0.25, -0.2) is 14.6 Å². The van der Waals surface area contributed by atoms with Gasteiger partial charge < -0.3 is 14.8 Å². The van der Waals surface area contributed by atoms with E-state index in [0.29, 0.717) is 5.76 Å². The number of aromatic carboxylic acids is 1. The first-order valence-electron chi connectivity index (χ1n) is 6.08. The summed E-state index contributed by atoms with van der Waals surface area (Å²) in [5.74, 6) is -0.890. The quantitative estimate of drug-likeness (QED) is 0.811. The first-order valence-corrected chi connectivity index (χ1v) is 6.08. The minimum atomic E-state index is -1.09. The normalized spacial score (nSPS) is 10.3. The summed E-state index contributed by atoms with van der Waals surface area (Å²) in [7, 11) is 0. The van der Waals surface area contributed by atoms with Crippen molar-refractivity contribution in [2.45, 2.75) is 20.0 Å². The molecule has 2 aromatic heterocycles. The van der Waals surface area contributed by atoms with Gasteiger partial charge in [-0.3, -0.25) is 9.36 Å². The molecule has 2 aromatic rings. The summed E-state index contributed by atoms with van der Waals surface area (Å²) in [4.78, 5) is 37.4. The molecule has 2 rings (SSSR count). The lowest BCUT2D eigenvalue weighted by molar-refractivity contribution is -0.122.